The molecule has 7 heteroatoms. The van der Waals surface area contributed by atoms with Crippen LogP contribution in [0, 0.1) is 0 Å². The highest BCUT2D eigenvalue weighted by Gasteiger charge is 2.23. The van der Waals surface area contributed by atoms with E-state index in [1.807, 2.05) is 48.5 Å². The summed E-state index contributed by atoms with van der Waals surface area (Å²) in [7, 11) is 0. The maximum atomic E-state index is 13.7. The first-order valence-corrected chi connectivity index (χ1v) is 11.8. The van der Waals surface area contributed by atoms with Crippen molar-refractivity contribution in [3.63, 3.8) is 0 Å². The van der Waals surface area contributed by atoms with Gasteiger partial charge in [-0.1, -0.05) is 83.9 Å². The zero-order valence-electron chi connectivity index (χ0n) is 18.6. The van der Waals surface area contributed by atoms with Crippen LogP contribution in [0.1, 0.15) is 27.7 Å². The minimum absolute atomic E-state index is 0.240. The molecule has 1 unspecified atom stereocenters. The zero-order valence-corrected chi connectivity index (χ0v) is 20.1. The summed E-state index contributed by atoms with van der Waals surface area (Å²) in [5.74, 6) is 0.285. The Labute approximate surface area is 212 Å². The van der Waals surface area contributed by atoms with Gasteiger partial charge in [0.1, 0.15) is 11.4 Å². The summed E-state index contributed by atoms with van der Waals surface area (Å²) in [6.45, 7) is 0. The fourth-order valence-corrected chi connectivity index (χ4v) is 4.21. The zero-order chi connectivity index (χ0) is 24.2. The van der Waals surface area contributed by atoms with Crippen LogP contribution < -0.4 is 5.32 Å². The largest absolute Gasteiger partial charge is 0.463 e. The summed E-state index contributed by atoms with van der Waals surface area (Å²) >= 11 is 12.4. The number of hydrogen-bond acceptors (Lipinski definition) is 3. The number of carbonyl (C=O) groups is 1. The van der Waals surface area contributed by atoms with E-state index in [1.165, 1.54) is 0 Å². The van der Waals surface area contributed by atoms with E-state index in [1.54, 1.807) is 47.3 Å². The van der Waals surface area contributed by atoms with Gasteiger partial charge in [-0.25, -0.2) is 4.68 Å². The first kappa shape index (κ1) is 23.0. The number of nitrogens with one attached hydrogen (secondary N) is 1. The second-order valence-corrected chi connectivity index (χ2v) is 8.84. The lowest BCUT2D eigenvalue weighted by atomic mass is 9.98. The third kappa shape index (κ3) is 5.16. The molecule has 5 aromatic rings. The summed E-state index contributed by atoms with van der Waals surface area (Å²) < 4.78 is 7.08. The molecule has 0 fully saturated rings. The van der Waals surface area contributed by atoms with Crippen molar-refractivity contribution in [3.05, 3.63) is 130 Å². The molecule has 5 nitrogen and oxygen atoms in total. The summed E-state index contributed by atoms with van der Waals surface area (Å²) in [5.41, 5.74) is 3.63. The summed E-state index contributed by atoms with van der Waals surface area (Å²) in [6.07, 6.45) is 2.21. The molecule has 35 heavy (non-hydrogen) atoms. The standard InChI is InChI=1S/C28H21Cl2N3O2/c29-22-14-13-21(17-23(22)30)33-26(18-25(32-33)27-12-7-15-35-27)28(34)31-24(20-10-5-2-6-11-20)16-19-8-3-1-4-9-19/h1-15,17-18,24H,16H2,(H,31,34). The Morgan fingerprint density at radius 3 is 2.31 bits per heavy atom. The molecule has 0 spiro atoms. The monoisotopic (exact) mass is 501 g/mol. The number of aromatic nitrogens is 2. The van der Waals surface area contributed by atoms with Gasteiger partial charge in [0.25, 0.3) is 5.91 Å². The van der Waals surface area contributed by atoms with Gasteiger partial charge in [-0.05, 0) is 47.9 Å². The maximum Gasteiger partial charge on any atom is 0.270 e. The van der Waals surface area contributed by atoms with Crippen LogP contribution in [0.25, 0.3) is 17.1 Å². The van der Waals surface area contributed by atoms with Crippen LogP contribution in [0.5, 0.6) is 0 Å². The highest BCUT2D eigenvalue weighted by molar-refractivity contribution is 6.42. The molecule has 1 atom stereocenters. The molecule has 2 aromatic heterocycles. The second-order valence-electron chi connectivity index (χ2n) is 8.03. The molecule has 0 bridgehead atoms. The average Bonchev–Trinajstić information content (AvgIpc) is 3.57. The molecule has 174 valence electrons. The Kier molecular flexibility index (Phi) is 6.70. The highest BCUT2D eigenvalue weighted by Crippen LogP contribution is 2.28. The van der Waals surface area contributed by atoms with E-state index in [0.29, 0.717) is 39.3 Å². The maximum absolute atomic E-state index is 13.7. The van der Waals surface area contributed by atoms with Gasteiger partial charge in [0.2, 0.25) is 0 Å². The van der Waals surface area contributed by atoms with Crippen molar-refractivity contribution in [3.8, 4) is 17.1 Å². The first-order valence-electron chi connectivity index (χ1n) is 11.1. The molecule has 0 aliphatic carbocycles. The number of hydrogen-bond donors (Lipinski definition) is 1. The number of halogens is 2. The predicted molar refractivity (Wildman–Crippen MR) is 138 cm³/mol. The SMILES string of the molecule is O=C(NC(Cc1ccccc1)c1ccccc1)c1cc(-c2ccco2)nn1-c1ccc(Cl)c(Cl)c1. The Morgan fingerprint density at radius 2 is 1.63 bits per heavy atom. The van der Waals surface area contributed by atoms with Crippen LogP contribution in [0.2, 0.25) is 10.0 Å². The van der Waals surface area contributed by atoms with E-state index in [4.69, 9.17) is 27.6 Å². The third-order valence-electron chi connectivity index (χ3n) is 5.65. The van der Waals surface area contributed by atoms with Crippen molar-refractivity contribution >= 4 is 29.1 Å². The van der Waals surface area contributed by atoms with Gasteiger partial charge in [0.05, 0.1) is 28.0 Å². The molecule has 1 amide bonds. The quantitative estimate of drug-likeness (QED) is 0.257. The minimum Gasteiger partial charge on any atom is -0.463 e. The Bertz CT molecular complexity index is 1430. The normalized spacial score (nSPS) is 11.8. The van der Waals surface area contributed by atoms with Crippen molar-refractivity contribution in [1.29, 1.82) is 0 Å². The van der Waals surface area contributed by atoms with Crippen molar-refractivity contribution in [2.24, 2.45) is 0 Å². The Morgan fingerprint density at radius 1 is 0.886 bits per heavy atom. The lowest BCUT2D eigenvalue weighted by molar-refractivity contribution is 0.0928. The van der Waals surface area contributed by atoms with Crippen LogP contribution in [-0.4, -0.2) is 15.7 Å². The average molecular weight is 502 g/mol. The molecule has 0 saturated carbocycles. The molecule has 0 radical (unpaired) electrons. The van der Waals surface area contributed by atoms with Crippen LogP contribution in [-0.2, 0) is 6.42 Å². The Hall–Kier alpha value is -3.80. The molecule has 0 aliphatic rings. The lowest BCUT2D eigenvalue weighted by Crippen LogP contribution is -2.31. The summed E-state index contributed by atoms with van der Waals surface area (Å²) in [5, 5.41) is 8.64. The number of amides is 1. The lowest BCUT2D eigenvalue weighted by Gasteiger charge is -2.20. The summed E-state index contributed by atoms with van der Waals surface area (Å²) in [6, 6.07) is 30.2. The molecular weight excluding hydrogens is 481 g/mol. The van der Waals surface area contributed by atoms with Crippen LogP contribution >= 0.6 is 23.2 Å². The molecule has 5 rings (SSSR count). The highest BCUT2D eigenvalue weighted by atomic mass is 35.5. The van der Waals surface area contributed by atoms with Gasteiger partial charge in [0.15, 0.2) is 5.76 Å². The number of rotatable bonds is 7. The van der Waals surface area contributed by atoms with Gasteiger partial charge < -0.3 is 9.73 Å². The van der Waals surface area contributed by atoms with Gasteiger partial charge in [-0.3, -0.25) is 4.79 Å². The van der Waals surface area contributed by atoms with Crippen molar-refractivity contribution in [2.45, 2.75) is 12.5 Å². The number of nitrogens with zero attached hydrogens (tertiary/aromatic N) is 2. The van der Waals surface area contributed by atoms with E-state index in [2.05, 4.69) is 22.5 Å². The van der Waals surface area contributed by atoms with E-state index >= 15 is 0 Å². The van der Waals surface area contributed by atoms with E-state index in [0.717, 1.165) is 11.1 Å². The number of carbonyl (C=O) groups excluding carboxylic acids is 1. The fourth-order valence-electron chi connectivity index (χ4n) is 3.92. The van der Waals surface area contributed by atoms with Crippen molar-refractivity contribution in [1.82, 2.24) is 15.1 Å². The number of benzene rings is 3. The van der Waals surface area contributed by atoms with Gasteiger partial charge >= 0.3 is 0 Å². The molecular formula is C28H21Cl2N3O2. The van der Waals surface area contributed by atoms with Crippen molar-refractivity contribution in [2.75, 3.05) is 0 Å². The molecule has 3 aromatic carbocycles. The van der Waals surface area contributed by atoms with E-state index < -0.39 is 0 Å². The smallest absolute Gasteiger partial charge is 0.270 e. The topological polar surface area (TPSA) is 60.1 Å². The molecule has 0 aliphatic heterocycles. The van der Waals surface area contributed by atoms with Gasteiger partial charge in [-0.2, -0.15) is 5.10 Å². The molecule has 1 N–H and O–H groups in total. The minimum atomic E-state index is -0.272. The molecule has 2 heterocycles. The predicted octanol–water partition coefficient (Wildman–Crippen LogP) is 7.15. The van der Waals surface area contributed by atoms with Crippen molar-refractivity contribution < 1.29 is 9.21 Å². The second kappa shape index (κ2) is 10.2. The van der Waals surface area contributed by atoms with Crippen LogP contribution in [0.15, 0.2) is 108 Å². The van der Waals surface area contributed by atoms with Gasteiger partial charge in [0, 0.05) is 6.07 Å². The van der Waals surface area contributed by atoms with E-state index in [9.17, 15) is 4.79 Å². The number of furan rings is 1. The van der Waals surface area contributed by atoms with Crippen LogP contribution in [0.3, 0.4) is 0 Å². The first-order chi connectivity index (χ1) is 17.1. The Balaban J connectivity index is 1.53. The van der Waals surface area contributed by atoms with E-state index in [-0.39, 0.29) is 11.9 Å². The van der Waals surface area contributed by atoms with Gasteiger partial charge in [-0.15, -0.1) is 0 Å². The fraction of sp³-hybridized carbons (Fsp3) is 0.0714. The third-order valence-corrected chi connectivity index (χ3v) is 6.39. The molecule has 0 saturated heterocycles. The van der Waals surface area contributed by atoms with Crippen LogP contribution in [0.4, 0.5) is 0 Å². The summed E-state index contributed by atoms with van der Waals surface area (Å²) in [4.78, 5) is 13.7.